The van der Waals surface area contributed by atoms with Crippen molar-refractivity contribution in [3.05, 3.63) is 26.4 Å². The molecule has 0 bridgehead atoms. The Labute approximate surface area is 126 Å². The largest absolute Gasteiger partial charge is 0.384 e. The quantitative estimate of drug-likeness (QED) is 0.604. The van der Waals surface area contributed by atoms with Crippen LogP contribution in [0.5, 0.6) is 0 Å². The number of aromatic nitrogens is 2. The lowest BCUT2D eigenvalue weighted by molar-refractivity contribution is -0.124. The highest BCUT2D eigenvalue weighted by Crippen LogP contribution is 2.11. The number of hydrogen-bond donors (Lipinski definition) is 2. The van der Waals surface area contributed by atoms with Gasteiger partial charge in [-0.1, -0.05) is 0 Å². The van der Waals surface area contributed by atoms with E-state index in [9.17, 15) is 19.2 Å². The number of nitrogen functional groups attached to an aromatic ring is 1. The van der Waals surface area contributed by atoms with E-state index in [0.29, 0.717) is 13.1 Å². The zero-order valence-corrected chi connectivity index (χ0v) is 12.8. The van der Waals surface area contributed by atoms with Gasteiger partial charge in [-0.2, -0.15) is 0 Å². The molecule has 2 heterocycles. The van der Waals surface area contributed by atoms with Crippen LogP contribution in [0.1, 0.15) is 17.3 Å². The second-order valence-corrected chi connectivity index (χ2v) is 5.33. The fraction of sp³-hybridized carbons (Fsp3) is 0.538. The summed E-state index contributed by atoms with van der Waals surface area (Å²) in [7, 11) is 2.69. The Kier molecular flexibility index (Phi) is 4.18. The highest BCUT2D eigenvalue weighted by atomic mass is 16.2. The molecule has 9 nitrogen and oxygen atoms in total. The monoisotopic (exact) mass is 309 g/mol. The molecule has 0 saturated carbocycles. The maximum absolute atomic E-state index is 12.6. The molecule has 1 aromatic heterocycles. The molecule has 0 aromatic carbocycles. The molecule has 1 aliphatic heterocycles. The summed E-state index contributed by atoms with van der Waals surface area (Å²) in [6.07, 6.45) is 0. The van der Waals surface area contributed by atoms with Crippen LogP contribution in [0.4, 0.5) is 5.82 Å². The molecule has 1 fully saturated rings. The van der Waals surface area contributed by atoms with Crippen molar-refractivity contribution in [1.82, 2.24) is 19.4 Å². The van der Waals surface area contributed by atoms with E-state index in [-0.39, 0.29) is 23.8 Å². The molecule has 1 aromatic rings. The van der Waals surface area contributed by atoms with E-state index in [1.165, 1.54) is 14.1 Å². The fourth-order valence-electron chi connectivity index (χ4n) is 2.46. The van der Waals surface area contributed by atoms with Crippen LogP contribution in [0.2, 0.25) is 0 Å². The third-order valence-corrected chi connectivity index (χ3v) is 3.95. The van der Waals surface area contributed by atoms with Gasteiger partial charge in [0.15, 0.2) is 5.78 Å². The summed E-state index contributed by atoms with van der Waals surface area (Å²) in [6.45, 7) is 2.64. The van der Waals surface area contributed by atoms with Gasteiger partial charge in [-0.3, -0.25) is 28.4 Å². The first-order valence-corrected chi connectivity index (χ1v) is 6.86. The number of ketones is 1. The predicted molar refractivity (Wildman–Crippen MR) is 79.7 cm³/mol. The maximum Gasteiger partial charge on any atom is 0.332 e. The van der Waals surface area contributed by atoms with Gasteiger partial charge in [0, 0.05) is 27.2 Å². The predicted octanol–water partition coefficient (Wildman–Crippen LogP) is -2.33. The van der Waals surface area contributed by atoms with Crippen molar-refractivity contribution in [3.63, 3.8) is 0 Å². The summed E-state index contributed by atoms with van der Waals surface area (Å²) in [5, 5.41) is 2.67. The Bertz CT molecular complexity index is 748. The van der Waals surface area contributed by atoms with Gasteiger partial charge in [0.05, 0.1) is 12.6 Å². The zero-order chi connectivity index (χ0) is 16.6. The third-order valence-electron chi connectivity index (χ3n) is 3.95. The van der Waals surface area contributed by atoms with Crippen LogP contribution >= 0.6 is 0 Å². The lowest BCUT2D eigenvalue weighted by Gasteiger charge is -2.31. The average molecular weight is 309 g/mol. The Hall–Kier alpha value is -2.42. The van der Waals surface area contributed by atoms with E-state index in [0.717, 1.165) is 9.13 Å². The third kappa shape index (κ3) is 2.54. The number of piperazine rings is 1. The number of anilines is 1. The highest BCUT2D eigenvalue weighted by Gasteiger charge is 2.30. The first-order valence-electron chi connectivity index (χ1n) is 6.86. The summed E-state index contributed by atoms with van der Waals surface area (Å²) in [5.74, 6) is -0.831. The Balaban J connectivity index is 2.44. The van der Waals surface area contributed by atoms with Crippen molar-refractivity contribution in [3.8, 4) is 0 Å². The summed E-state index contributed by atoms with van der Waals surface area (Å²) >= 11 is 0. The minimum absolute atomic E-state index is 0.0822. The van der Waals surface area contributed by atoms with Gasteiger partial charge in [-0.15, -0.1) is 0 Å². The van der Waals surface area contributed by atoms with E-state index < -0.39 is 23.1 Å². The minimum atomic E-state index is -0.723. The van der Waals surface area contributed by atoms with Crippen molar-refractivity contribution in [2.45, 2.75) is 13.0 Å². The number of amides is 1. The van der Waals surface area contributed by atoms with Crippen LogP contribution in [0.25, 0.3) is 0 Å². The molecular weight excluding hydrogens is 290 g/mol. The van der Waals surface area contributed by atoms with Gasteiger partial charge in [-0.05, 0) is 6.92 Å². The number of rotatable bonds is 3. The topological polar surface area (TPSA) is 119 Å². The molecule has 3 N–H and O–H groups in total. The van der Waals surface area contributed by atoms with Gasteiger partial charge >= 0.3 is 5.69 Å². The Morgan fingerprint density at radius 3 is 2.45 bits per heavy atom. The standard InChI is InChI=1S/C13H19N5O4/c1-7(18-5-4-15-8(19)6-18)10(20)9-11(14)16(2)13(22)17(3)12(9)21/h7H,4-6,14H2,1-3H3,(H,15,19)/t7-/m1/s1. The average Bonchev–Trinajstić information content (AvgIpc) is 2.50. The Morgan fingerprint density at radius 2 is 1.86 bits per heavy atom. The van der Waals surface area contributed by atoms with Crippen molar-refractivity contribution in [2.24, 2.45) is 14.1 Å². The lowest BCUT2D eigenvalue weighted by atomic mass is 10.0. The van der Waals surface area contributed by atoms with Crippen LogP contribution in [-0.2, 0) is 18.9 Å². The number of nitrogens with zero attached hydrogens (tertiary/aromatic N) is 3. The molecule has 9 heteroatoms. The van der Waals surface area contributed by atoms with E-state index in [4.69, 9.17) is 5.73 Å². The van der Waals surface area contributed by atoms with Crippen molar-refractivity contribution in [2.75, 3.05) is 25.4 Å². The second kappa shape index (κ2) is 5.76. The molecule has 1 amide bonds. The van der Waals surface area contributed by atoms with E-state index in [1.807, 2.05) is 0 Å². The number of carbonyl (C=O) groups excluding carboxylic acids is 2. The van der Waals surface area contributed by atoms with Crippen LogP contribution in [0.15, 0.2) is 9.59 Å². The van der Waals surface area contributed by atoms with Crippen LogP contribution in [0, 0.1) is 0 Å². The molecule has 1 saturated heterocycles. The fourth-order valence-corrected chi connectivity index (χ4v) is 2.46. The SMILES string of the molecule is C[C@H](C(=O)c1c(N)n(C)c(=O)n(C)c1=O)N1CCNC(=O)C1. The van der Waals surface area contributed by atoms with Crippen LogP contribution in [-0.4, -0.2) is 51.4 Å². The first kappa shape index (κ1) is 16.0. The minimum Gasteiger partial charge on any atom is -0.384 e. The summed E-state index contributed by atoms with van der Waals surface area (Å²) in [4.78, 5) is 49.7. The molecule has 1 atom stereocenters. The molecule has 0 aliphatic carbocycles. The number of hydrogen-bond acceptors (Lipinski definition) is 6. The van der Waals surface area contributed by atoms with Crippen LogP contribution in [0.3, 0.4) is 0 Å². The molecular formula is C13H19N5O4. The molecule has 0 spiro atoms. The molecule has 2 rings (SSSR count). The second-order valence-electron chi connectivity index (χ2n) is 5.33. The van der Waals surface area contributed by atoms with Crippen molar-refractivity contribution < 1.29 is 9.59 Å². The molecule has 0 radical (unpaired) electrons. The van der Waals surface area contributed by atoms with Gasteiger partial charge in [0.2, 0.25) is 5.91 Å². The number of Topliss-reactive ketones (excluding diaryl/α,β-unsaturated/α-hetero) is 1. The van der Waals surface area contributed by atoms with Gasteiger partial charge in [0.1, 0.15) is 11.4 Å². The first-order chi connectivity index (χ1) is 10.3. The van der Waals surface area contributed by atoms with Gasteiger partial charge in [-0.25, -0.2) is 4.79 Å². The summed E-state index contributed by atoms with van der Waals surface area (Å²) in [6, 6.07) is -0.682. The molecule has 120 valence electrons. The van der Waals surface area contributed by atoms with Crippen LogP contribution < -0.4 is 22.3 Å². The Morgan fingerprint density at radius 1 is 1.23 bits per heavy atom. The van der Waals surface area contributed by atoms with E-state index >= 15 is 0 Å². The van der Waals surface area contributed by atoms with E-state index in [1.54, 1.807) is 11.8 Å². The van der Waals surface area contributed by atoms with Crippen molar-refractivity contribution in [1.29, 1.82) is 0 Å². The summed E-state index contributed by atoms with van der Waals surface area (Å²) < 4.78 is 1.91. The lowest BCUT2D eigenvalue weighted by Crippen LogP contribution is -2.54. The number of nitrogens with two attached hydrogens (primary N) is 1. The normalized spacial score (nSPS) is 17.1. The van der Waals surface area contributed by atoms with E-state index in [2.05, 4.69) is 5.32 Å². The summed E-state index contributed by atoms with van der Waals surface area (Å²) in [5.41, 5.74) is 4.24. The zero-order valence-electron chi connectivity index (χ0n) is 12.8. The van der Waals surface area contributed by atoms with Gasteiger partial charge < -0.3 is 11.1 Å². The molecule has 0 unspecified atom stereocenters. The molecule has 22 heavy (non-hydrogen) atoms. The maximum atomic E-state index is 12.6. The smallest absolute Gasteiger partial charge is 0.332 e. The number of carbonyl (C=O) groups is 2. The number of nitrogens with one attached hydrogen (secondary N) is 1. The highest BCUT2D eigenvalue weighted by molar-refractivity contribution is 6.03. The van der Waals surface area contributed by atoms with Gasteiger partial charge in [0.25, 0.3) is 5.56 Å². The molecule has 1 aliphatic rings. The van der Waals surface area contributed by atoms with Crippen molar-refractivity contribution >= 4 is 17.5 Å².